The molecule has 8 heteroatoms. The first-order valence-electron chi connectivity index (χ1n) is 6.00. The fourth-order valence-electron chi connectivity index (χ4n) is 2.24. The van der Waals surface area contributed by atoms with Crippen LogP contribution in [0.5, 0.6) is 0 Å². The molecule has 108 valence electrons. The van der Waals surface area contributed by atoms with Crippen LogP contribution in [0, 0.1) is 6.92 Å². The fourth-order valence-corrected chi connectivity index (χ4v) is 4.32. The molecule has 0 radical (unpaired) electrons. The number of aromatic amines is 1. The van der Waals surface area contributed by atoms with Crippen LogP contribution in [0.15, 0.2) is 11.1 Å². The number of rotatable bonds is 3. The molecule has 1 fully saturated rings. The minimum absolute atomic E-state index is 0.147. The van der Waals surface area contributed by atoms with Crippen LogP contribution in [0.3, 0.4) is 0 Å². The SMILES string of the molecule is Cc1[nH]ncc1S(=O)(=O)N1CC(CBr)OC(C)(C)C1. The summed E-state index contributed by atoms with van der Waals surface area (Å²) in [6.45, 7) is 6.18. The Bertz CT molecular complexity index is 555. The van der Waals surface area contributed by atoms with E-state index in [-0.39, 0.29) is 11.0 Å². The van der Waals surface area contributed by atoms with Gasteiger partial charge in [-0.15, -0.1) is 0 Å². The number of hydrogen-bond donors (Lipinski definition) is 1. The molecule has 1 aromatic heterocycles. The molecule has 2 heterocycles. The van der Waals surface area contributed by atoms with Crippen molar-refractivity contribution in [3.63, 3.8) is 0 Å². The van der Waals surface area contributed by atoms with Crippen molar-refractivity contribution in [1.29, 1.82) is 0 Å². The summed E-state index contributed by atoms with van der Waals surface area (Å²) in [6.07, 6.45) is 1.21. The van der Waals surface area contributed by atoms with Crippen molar-refractivity contribution in [3.8, 4) is 0 Å². The lowest BCUT2D eigenvalue weighted by atomic mass is 10.1. The van der Waals surface area contributed by atoms with Gasteiger partial charge in [0.25, 0.3) is 0 Å². The van der Waals surface area contributed by atoms with Crippen LogP contribution in [0.2, 0.25) is 0 Å². The molecule has 0 aromatic carbocycles. The predicted molar refractivity (Wildman–Crippen MR) is 74.8 cm³/mol. The number of alkyl halides is 1. The van der Waals surface area contributed by atoms with Crippen molar-refractivity contribution in [1.82, 2.24) is 14.5 Å². The van der Waals surface area contributed by atoms with Gasteiger partial charge in [-0.2, -0.15) is 9.40 Å². The van der Waals surface area contributed by atoms with Crippen molar-refractivity contribution in [2.45, 2.75) is 37.4 Å². The Morgan fingerprint density at radius 1 is 1.63 bits per heavy atom. The van der Waals surface area contributed by atoms with E-state index in [0.29, 0.717) is 24.1 Å². The lowest BCUT2D eigenvalue weighted by molar-refractivity contribution is -0.106. The Balaban J connectivity index is 2.33. The van der Waals surface area contributed by atoms with Crippen LogP contribution in [-0.4, -0.2) is 53.0 Å². The highest BCUT2D eigenvalue weighted by atomic mass is 79.9. The molecule has 0 saturated carbocycles. The lowest BCUT2D eigenvalue weighted by Gasteiger charge is -2.41. The van der Waals surface area contributed by atoms with Crippen molar-refractivity contribution in [3.05, 3.63) is 11.9 Å². The van der Waals surface area contributed by atoms with Crippen LogP contribution in [0.4, 0.5) is 0 Å². The van der Waals surface area contributed by atoms with E-state index >= 15 is 0 Å². The molecule has 1 N–H and O–H groups in total. The average Bonchev–Trinajstić information content (AvgIpc) is 2.74. The number of halogens is 1. The summed E-state index contributed by atoms with van der Waals surface area (Å²) >= 11 is 3.36. The number of nitrogens with zero attached hydrogens (tertiary/aromatic N) is 2. The summed E-state index contributed by atoms with van der Waals surface area (Å²) in [5, 5.41) is 7.05. The van der Waals surface area contributed by atoms with E-state index in [1.165, 1.54) is 10.5 Å². The first-order valence-corrected chi connectivity index (χ1v) is 8.56. The Morgan fingerprint density at radius 3 is 2.84 bits per heavy atom. The van der Waals surface area contributed by atoms with Crippen molar-refractivity contribution >= 4 is 26.0 Å². The maximum absolute atomic E-state index is 12.6. The van der Waals surface area contributed by atoms with E-state index in [0.717, 1.165) is 0 Å². The zero-order valence-corrected chi connectivity index (χ0v) is 13.6. The highest BCUT2D eigenvalue weighted by molar-refractivity contribution is 9.09. The lowest BCUT2D eigenvalue weighted by Crippen LogP contribution is -2.55. The van der Waals surface area contributed by atoms with Crippen molar-refractivity contribution in [2.75, 3.05) is 18.4 Å². The first kappa shape index (κ1) is 15.0. The Kier molecular flexibility index (Phi) is 4.06. The highest BCUT2D eigenvalue weighted by Crippen LogP contribution is 2.27. The number of H-pyrrole nitrogens is 1. The van der Waals surface area contributed by atoms with Gasteiger partial charge in [0.05, 0.1) is 23.6 Å². The molecular formula is C11H18BrN3O3S. The van der Waals surface area contributed by atoms with Crippen molar-refractivity contribution in [2.24, 2.45) is 0 Å². The van der Waals surface area contributed by atoms with Gasteiger partial charge in [0.2, 0.25) is 10.0 Å². The van der Waals surface area contributed by atoms with Gasteiger partial charge < -0.3 is 4.74 Å². The van der Waals surface area contributed by atoms with Gasteiger partial charge in [-0.1, -0.05) is 15.9 Å². The highest BCUT2D eigenvalue weighted by Gasteiger charge is 2.39. The van der Waals surface area contributed by atoms with Crippen LogP contribution >= 0.6 is 15.9 Å². The molecule has 1 unspecified atom stereocenters. The minimum Gasteiger partial charge on any atom is -0.369 e. The number of nitrogens with one attached hydrogen (secondary N) is 1. The Morgan fingerprint density at radius 2 is 2.32 bits per heavy atom. The van der Waals surface area contributed by atoms with Gasteiger partial charge in [0.15, 0.2) is 0 Å². The summed E-state index contributed by atoms with van der Waals surface area (Å²) in [6, 6.07) is 0. The number of aromatic nitrogens is 2. The van der Waals surface area contributed by atoms with Gasteiger partial charge in [-0.05, 0) is 20.8 Å². The van der Waals surface area contributed by atoms with Gasteiger partial charge in [-0.3, -0.25) is 5.10 Å². The zero-order chi connectivity index (χ0) is 14.3. The average molecular weight is 352 g/mol. The molecule has 0 spiro atoms. The molecule has 0 amide bonds. The third-order valence-corrected chi connectivity index (χ3v) is 5.67. The molecular weight excluding hydrogens is 334 g/mol. The van der Waals surface area contributed by atoms with E-state index in [1.54, 1.807) is 6.92 Å². The molecule has 1 saturated heterocycles. The van der Waals surface area contributed by atoms with E-state index in [9.17, 15) is 8.42 Å². The fraction of sp³-hybridized carbons (Fsp3) is 0.727. The van der Waals surface area contributed by atoms with Crippen molar-refractivity contribution < 1.29 is 13.2 Å². The maximum Gasteiger partial charge on any atom is 0.246 e. The van der Waals surface area contributed by atoms with Gasteiger partial charge >= 0.3 is 0 Å². The molecule has 19 heavy (non-hydrogen) atoms. The van der Waals surface area contributed by atoms with E-state index in [1.807, 2.05) is 13.8 Å². The first-order chi connectivity index (χ1) is 8.76. The van der Waals surface area contributed by atoms with E-state index in [2.05, 4.69) is 26.1 Å². The topological polar surface area (TPSA) is 75.3 Å². The number of hydrogen-bond acceptors (Lipinski definition) is 4. The maximum atomic E-state index is 12.6. The number of aryl methyl sites for hydroxylation is 1. The monoisotopic (exact) mass is 351 g/mol. The number of ether oxygens (including phenoxy) is 1. The van der Waals surface area contributed by atoms with Crippen LogP contribution in [0.1, 0.15) is 19.5 Å². The Hall–Kier alpha value is -0.440. The molecule has 6 nitrogen and oxygen atoms in total. The second-order valence-electron chi connectivity index (χ2n) is 5.31. The molecule has 1 aliphatic rings. The third-order valence-electron chi connectivity index (χ3n) is 3.02. The minimum atomic E-state index is -3.52. The van der Waals surface area contributed by atoms with E-state index in [4.69, 9.17) is 4.74 Å². The van der Waals surface area contributed by atoms with E-state index < -0.39 is 15.6 Å². The summed E-state index contributed by atoms with van der Waals surface area (Å²) < 4.78 is 32.5. The summed E-state index contributed by atoms with van der Waals surface area (Å²) in [5.41, 5.74) is 0.0567. The molecule has 1 aliphatic heterocycles. The smallest absolute Gasteiger partial charge is 0.246 e. The molecule has 0 bridgehead atoms. The van der Waals surface area contributed by atoms with Crippen LogP contribution in [-0.2, 0) is 14.8 Å². The molecule has 2 rings (SSSR count). The molecule has 0 aliphatic carbocycles. The standard InChI is InChI=1S/C11H18BrN3O3S/c1-8-10(5-13-14-8)19(16,17)15-6-9(4-12)18-11(2,3)7-15/h5,9H,4,6-7H2,1-3H3,(H,13,14). The van der Waals surface area contributed by atoms with Crippen LogP contribution < -0.4 is 0 Å². The number of sulfonamides is 1. The second kappa shape index (κ2) is 5.16. The largest absolute Gasteiger partial charge is 0.369 e. The Labute approximate surface area is 121 Å². The number of morpholine rings is 1. The summed E-state index contributed by atoms with van der Waals surface area (Å²) in [5.74, 6) is 0. The second-order valence-corrected chi connectivity index (χ2v) is 7.86. The van der Waals surface area contributed by atoms with Gasteiger partial charge in [-0.25, -0.2) is 8.42 Å². The summed E-state index contributed by atoms with van der Waals surface area (Å²) in [7, 11) is -3.52. The summed E-state index contributed by atoms with van der Waals surface area (Å²) in [4.78, 5) is 0.235. The van der Waals surface area contributed by atoms with Gasteiger partial charge in [0.1, 0.15) is 4.90 Å². The van der Waals surface area contributed by atoms with Crippen LogP contribution in [0.25, 0.3) is 0 Å². The molecule has 1 atom stereocenters. The quantitative estimate of drug-likeness (QED) is 0.832. The predicted octanol–water partition coefficient (Wildman–Crippen LogP) is 1.28. The molecule has 1 aromatic rings. The normalized spacial score (nSPS) is 24.5. The van der Waals surface area contributed by atoms with Gasteiger partial charge in [0, 0.05) is 18.4 Å². The zero-order valence-electron chi connectivity index (χ0n) is 11.2. The third kappa shape index (κ3) is 3.01.